The highest BCUT2D eigenvalue weighted by Gasteiger charge is 2.27. The van der Waals surface area contributed by atoms with E-state index in [9.17, 15) is 9.18 Å². The molecule has 0 spiro atoms. The van der Waals surface area contributed by atoms with Gasteiger partial charge in [0, 0.05) is 5.56 Å². The summed E-state index contributed by atoms with van der Waals surface area (Å²) in [7, 11) is 3.46. The van der Waals surface area contributed by atoms with Crippen molar-refractivity contribution in [2.75, 3.05) is 14.1 Å². The Morgan fingerprint density at radius 1 is 1.39 bits per heavy atom. The van der Waals surface area contributed by atoms with Gasteiger partial charge in [0.25, 0.3) is 0 Å². The van der Waals surface area contributed by atoms with E-state index in [1.54, 1.807) is 37.2 Å². The molecule has 1 aromatic carbocycles. The predicted octanol–water partition coefficient (Wildman–Crippen LogP) is 2.77. The third-order valence-corrected chi connectivity index (χ3v) is 2.83. The van der Waals surface area contributed by atoms with Crippen molar-refractivity contribution < 1.29 is 13.9 Å². The van der Waals surface area contributed by atoms with Crippen LogP contribution in [0.2, 0.25) is 0 Å². The highest BCUT2D eigenvalue weighted by molar-refractivity contribution is 5.77. The van der Waals surface area contributed by atoms with Gasteiger partial charge in [-0.05, 0) is 33.5 Å². The predicted molar refractivity (Wildman–Crippen MR) is 68.7 cm³/mol. The van der Waals surface area contributed by atoms with E-state index in [2.05, 4.69) is 0 Å². The van der Waals surface area contributed by atoms with Gasteiger partial charge in [-0.2, -0.15) is 0 Å². The Bertz CT molecular complexity index is 407. The van der Waals surface area contributed by atoms with Crippen molar-refractivity contribution in [1.29, 1.82) is 0 Å². The molecule has 0 saturated heterocycles. The molecule has 0 N–H and O–H groups in total. The van der Waals surface area contributed by atoms with Crippen LogP contribution in [0.1, 0.15) is 31.9 Å². The number of likely N-dealkylation sites (N-methyl/N-ethyl adjacent to an activating group) is 1. The van der Waals surface area contributed by atoms with Gasteiger partial charge in [0.15, 0.2) is 0 Å². The van der Waals surface area contributed by atoms with Crippen LogP contribution in [0.3, 0.4) is 0 Å². The number of rotatable bonds is 5. The second-order valence-electron chi connectivity index (χ2n) is 4.54. The molecule has 0 radical (unpaired) electrons. The summed E-state index contributed by atoms with van der Waals surface area (Å²) < 4.78 is 19.0. The molecule has 18 heavy (non-hydrogen) atoms. The van der Waals surface area contributed by atoms with E-state index >= 15 is 0 Å². The Balaban J connectivity index is 2.97. The van der Waals surface area contributed by atoms with Gasteiger partial charge < -0.3 is 4.74 Å². The van der Waals surface area contributed by atoms with Gasteiger partial charge in [-0.15, -0.1) is 0 Å². The molecular weight excluding hydrogens is 233 g/mol. The first-order chi connectivity index (χ1) is 8.47. The van der Waals surface area contributed by atoms with Crippen molar-refractivity contribution >= 4 is 5.97 Å². The summed E-state index contributed by atoms with van der Waals surface area (Å²) >= 11 is 0. The smallest absolute Gasteiger partial charge is 0.328 e. The molecule has 0 amide bonds. The number of carbonyl (C=O) groups is 1. The monoisotopic (exact) mass is 253 g/mol. The molecule has 0 aromatic heterocycles. The van der Waals surface area contributed by atoms with Gasteiger partial charge in [0.2, 0.25) is 0 Å². The molecule has 2 unspecified atom stereocenters. The van der Waals surface area contributed by atoms with Crippen molar-refractivity contribution in [1.82, 2.24) is 4.90 Å². The highest BCUT2D eigenvalue weighted by atomic mass is 19.1. The van der Waals surface area contributed by atoms with Gasteiger partial charge in [-0.1, -0.05) is 25.1 Å². The Kier molecular flexibility index (Phi) is 5.28. The average molecular weight is 253 g/mol. The number of benzene rings is 1. The summed E-state index contributed by atoms with van der Waals surface area (Å²) in [6.07, 6.45) is 0.579. The van der Waals surface area contributed by atoms with Crippen LogP contribution in [-0.2, 0) is 9.53 Å². The van der Waals surface area contributed by atoms with Crippen molar-refractivity contribution in [2.45, 2.75) is 32.4 Å². The molecule has 1 aromatic rings. The van der Waals surface area contributed by atoms with E-state index in [4.69, 9.17) is 4.74 Å². The zero-order valence-corrected chi connectivity index (χ0v) is 11.3. The lowest BCUT2D eigenvalue weighted by Crippen LogP contribution is -2.31. The minimum Gasteiger partial charge on any atom is -0.461 e. The van der Waals surface area contributed by atoms with Crippen LogP contribution in [0.15, 0.2) is 24.3 Å². The van der Waals surface area contributed by atoms with Crippen molar-refractivity contribution in [2.24, 2.45) is 0 Å². The van der Waals surface area contributed by atoms with Crippen molar-refractivity contribution in [3.63, 3.8) is 0 Å². The molecule has 0 saturated carbocycles. The van der Waals surface area contributed by atoms with E-state index in [1.165, 1.54) is 6.07 Å². The van der Waals surface area contributed by atoms with Crippen LogP contribution < -0.4 is 0 Å². The summed E-state index contributed by atoms with van der Waals surface area (Å²) in [5.41, 5.74) is 0.343. The van der Waals surface area contributed by atoms with E-state index in [0.717, 1.165) is 6.42 Å². The largest absolute Gasteiger partial charge is 0.461 e. The van der Waals surface area contributed by atoms with E-state index < -0.39 is 17.8 Å². The first-order valence-electron chi connectivity index (χ1n) is 6.08. The lowest BCUT2D eigenvalue weighted by molar-refractivity contribution is -0.154. The zero-order chi connectivity index (χ0) is 13.7. The van der Waals surface area contributed by atoms with Crippen LogP contribution in [-0.4, -0.2) is 31.1 Å². The third kappa shape index (κ3) is 3.53. The Morgan fingerprint density at radius 3 is 2.50 bits per heavy atom. The fraction of sp³-hybridized carbons (Fsp3) is 0.500. The molecular formula is C14H20FNO2. The quantitative estimate of drug-likeness (QED) is 0.756. The zero-order valence-electron chi connectivity index (χ0n) is 11.3. The number of hydrogen-bond donors (Lipinski definition) is 0. The molecule has 0 aliphatic heterocycles. The number of halogens is 1. The molecule has 4 heteroatoms. The average Bonchev–Trinajstić information content (AvgIpc) is 2.31. The van der Waals surface area contributed by atoms with Crippen LogP contribution >= 0.6 is 0 Å². The molecule has 0 heterocycles. The molecule has 100 valence electrons. The van der Waals surface area contributed by atoms with Crippen LogP contribution in [0.25, 0.3) is 0 Å². The third-order valence-electron chi connectivity index (χ3n) is 2.83. The van der Waals surface area contributed by atoms with Crippen molar-refractivity contribution in [3.05, 3.63) is 35.6 Å². The van der Waals surface area contributed by atoms with Gasteiger partial charge in [-0.25, -0.2) is 9.18 Å². The van der Waals surface area contributed by atoms with E-state index in [-0.39, 0.29) is 6.10 Å². The Morgan fingerprint density at radius 2 is 2.00 bits per heavy atom. The summed E-state index contributed by atoms with van der Waals surface area (Å²) in [5.74, 6) is -0.809. The summed E-state index contributed by atoms with van der Waals surface area (Å²) in [4.78, 5) is 13.7. The number of esters is 1. The number of hydrogen-bond acceptors (Lipinski definition) is 3. The molecule has 2 atom stereocenters. The molecule has 1 rings (SSSR count). The lowest BCUT2D eigenvalue weighted by Gasteiger charge is -2.24. The van der Waals surface area contributed by atoms with Crippen LogP contribution in [0, 0.1) is 5.82 Å². The Labute approximate surface area is 108 Å². The fourth-order valence-corrected chi connectivity index (χ4v) is 1.66. The number of carbonyl (C=O) groups excluding carboxylic acids is 1. The van der Waals surface area contributed by atoms with Gasteiger partial charge >= 0.3 is 5.97 Å². The molecule has 0 aliphatic carbocycles. The fourth-order valence-electron chi connectivity index (χ4n) is 1.66. The van der Waals surface area contributed by atoms with E-state index in [0.29, 0.717) is 5.56 Å². The molecule has 0 bridgehead atoms. The second kappa shape index (κ2) is 6.50. The van der Waals surface area contributed by atoms with Gasteiger partial charge in [0.05, 0.1) is 6.10 Å². The SMILES string of the molecule is CCC(C)OC(=O)C(c1ccccc1F)N(C)C. The first-order valence-corrected chi connectivity index (χ1v) is 6.08. The minimum absolute atomic E-state index is 0.160. The molecule has 0 fully saturated rings. The van der Waals surface area contributed by atoms with Crippen LogP contribution in [0.5, 0.6) is 0 Å². The normalized spacial score (nSPS) is 14.3. The number of nitrogens with zero attached hydrogens (tertiary/aromatic N) is 1. The maximum absolute atomic E-state index is 13.7. The highest BCUT2D eigenvalue weighted by Crippen LogP contribution is 2.23. The maximum atomic E-state index is 13.7. The first kappa shape index (κ1) is 14.6. The molecule has 0 aliphatic rings. The summed E-state index contributed by atoms with van der Waals surface area (Å²) in [6.45, 7) is 3.76. The maximum Gasteiger partial charge on any atom is 0.328 e. The van der Waals surface area contributed by atoms with Gasteiger partial charge in [0.1, 0.15) is 11.9 Å². The standard InChI is InChI=1S/C14H20FNO2/c1-5-10(2)18-14(17)13(16(3)4)11-8-6-7-9-12(11)15/h6-10,13H,5H2,1-4H3. The Hall–Kier alpha value is -1.42. The van der Waals surface area contributed by atoms with Gasteiger partial charge in [-0.3, -0.25) is 4.90 Å². The second-order valence-corrected chi connectivity index (χ2v) is 4.54. The minimum atomic E-state index is -0.708. The summed E-state index contributed by atoms with van der Waals surface area (Å²) in [6, 6.07) is 5.57. The van der Waals surface area contributed by atoms with Crippen LogP contribution in [0.4, 0.5) is 4.39 Å². The lowest BCUT2D eigenvalue weighted by atomic mass is 10.1. The topological polar surface area (TPSA) is 29.5 Å². The summed E-state index contributed by atoms with van der Waals surface area (Å²) in [5, 5.41) is 0. The van der Waals surface area contributed by atoms with E-state index in [1.807, 2.05) is 13.8 Å². The number of ether oxygens (including phenoxy) is 1. The molecule has 3 nitrogen and oxygen atoms in total. The van der Waals surface area contributed by atoms with Crippen molar-refractivity contribution in [3.8, 4) is 0 Å².